The Morgan fingerprint density at radius 3 is 2.47 bits per heavy atom. The molecule has 1 aliphatic rings. The molecule has 34 heavy (non-hydrogen) atoms. The molecule has 1 N–H and O–H groups in total. The molecule has 1 aromatic heterocycles. The van der Waals surface area contributed by atoms with Crippen LogP contribution in [0.2, 0.25) is 0 Å². The topological polar surface area (TPSA) is 69.7 Å². The first-order valence-electron chi connectivity index (χ1n) is 10.8. The van der Waals surface area contributed by atoms with Gasteiger partial charge >= 0.3 is 0 Å². The van der Waals surface area contributed by atoms with Crippen LogP contribution in [0, 0.1) is 18.2 Å². The van der Waals surface area contributed by atoms with Gasteiger partial charge in [0.15, 0.2) is 0 Å². The highest BCUT2D eigenvalue weighted by atomic mass is 32.2. The Kier molecular flexibility index (Phi) is 7.44. The van der Waals surface area contributed by atoms with Crippen molar-refractivity contribution in [2.45, 2.75) is 11.4 Å². The summed E-state index contributed by atoms with van der Waals surface area (Å²) in [7, 11) is -3.69. The Hall–Kier alpha value is -3.03. The molecular weight excluding hydrogens is 473 g/mol. The number of terminal acetylenes is 1. The fourth-order valence-corrected chi connectivity index (χ4v) is 5.75. The van der Waals surface area contributed by atoms with Gasteiger partial charge in [0.1, 0.15) is 5.82 Å². The van der Waals surface area contributed by atoms with Crippen LogP contribution in [0.3, 0.4) is 0 Å². The van der Waals surface area contributed by atoms with E-state index in [4.69, 9.17) is 6.42 Å². The average molecular weight is 498 g/mol. The van der Waals surface area contributed by atoms with E-state index in [9.17, 15) is 17.6 Å². The van der Waals surface area contributed by atoms with Gasteiger partial charge in [0, 0.05) is 48.0 Å². The molecular formula is C25H24FN3O3S2. The Labute approximate surface area is 203 Å². The molecule has 3 aromatic rings. The van der Waals surface area contributed by atoms with Crippen molar-refractivity contribution in [2.75, 3.05) is 32.7 Å². The zero-order valence-corrected chi connectivity index (χ0v) is 20.0. The molecule has 0 spiro atoms. The summed E-state index contributed by atoms with van der Waals surface area (Å²) in [5, 5.41) is 0. The van der Waals surface area contributed by atoms with Crippen LogP contribution in [-0.2, 0) is 16.6 Å². The molecule has 1 fully saturated rings. The second-order valence-electron chi connectivity index (χ2n) is 7.90. The standard InChI is InChI=1S/C25H24FN3O3S2/c1-2-12-27-34(31,32)23-9-6-19(7-10-23)25(30)29-15-13-28(14-16-29)18-22-8-11-24(33-22)20-4-3-5-21(26)17-20/h1,3-11,17,27H,12-16,18H2. The van der Waals surface area contributed by atoms with Crippen LogP contribution in [0.4, 0.5) is 4.39 Å². The number of thiophene rings is 1. The number of hydrogen-bond acceptors (Lipinski definition) is 5. The number of hydrogen-bond donors (Lipinski definition) is 1. The number of benzene rings is 2. The van der Waals surface area contributed by atoms with Gasteiger partial charge in [-0.15, -0.1) is 17.8 Å². The van der Waals surface area contributed by atoms with Gasteiger partial charge in [0.2, 0.25) is 10.0 Å². The van der Waals surface area contributed by atoms with Gasteiger partial charge in [-0.1, -0.05) is 18.1 Å². The SMILES string of the molecule is C#CCNS(=O)(=O)c1ccc(C(=O)N2CCN(Cc3ccc(-c4cccc(F)c4)s3)CC2)cc1. The number of nitrogens with one attached hydrogen (secondary N) is 1. The molecule has 4 rings (SSSR count). The maximum Gasteiger partial charge on any atom is 0.253 e. The Bertz CT molecular complexity index is 1310. The van der Waals surface area contributed by atoms with E-state index in [0.717, 1.165) is 30.1 Å². The van der Waals surface area contributed by atoms with Crippen molar-refractivity contribution in [3.63, 3.8) is 0 Å². The van der Waals surface area contributed by atoms with E-state index in [-0.39, 0.29) is 23.2 Å². The molecule has 0 bridgehead atoms. The molecule has 0 saturated carbocycles. The van der Waals surface area contributed by atoms with Crippen molar-refractivity contribution in [2.24, 2.45) is 0 Å². The maximum absolute atomic E-state index is 13.5. The minimum absolute atomic E-state index is 0.0673. The molecule has 2 aromatic carbocycles. The van der Waals surface area contributed by atoms with Gasteiger partial charge in [-0.25, -0.2) is 12.8 Å². The molecule has 1 saturated heterocycles. The van der Waals surface area contributed by atoms with Gasteiger partial charge in [-0.3, -0.25) is 9.69 Å². The summed E-state index contributed by atoms with van der Waals surface area (Å²) >= 11 is 1.65. The van der Waals surface area contributed by atoms with Crippen LogP contribution in [0.15, 0.2) is 65.6 Å². The van der Waals surface area contributed by atoms with Crippen LogP contribution in [-0.4, -0.2) is 56.8 Å². The lowest BCUT2D eigenvalue weighted by Crippen LogP contribution is -2.48. The van der Waals surface area contributed by atoms with E-state index in [2.05, 4.69) is 21.6 Å². The fourth-order valence-electron chi connectivity index (χ4n) is 3.77. The monoisotopic (exact) mass is 497 g/mol. The van der Waals surface area contributed by atoms with E-state index in [0.29, 0.717) is 18.7 Å². The lowest BCUT2D eigenvalue weighted by atomic mass is 10.2. The van der Waals surface area contributed by atoms with Crippen LogP contribution < -0.4 is 4.72 Å². The Balaban J connectivity index is 1.32. The van der Waals surface area contributed by atoms with Crippen LogP contribution in [0.1, 0.15) is 15.2 Å². The highest BCUT2D eigenvalue weighted by Crippen LogP contribution is 2.29. The number of carbonyl (C=O) groups is 1. The first-order chi connectivity index (χ1) is 16.4. The van der Waals surface area contributed by atoms with E-state index < -0.39 is 10.0 Å². The lowest BCUT2D eigenvalue weighted by molar-refractivity contribution is 0.0629. The highest BCUT2D eigenvalue weighted by molar-refractivity contribution is 7.89. The van der Waals surface area contributed by atoms with E-state index in [1.54, 1.807) is 22.3 Å². The van der Waals surface area contributed by atoms with Gasteiger partial charge in [-0.2, -0.15) is 4.72 Å². The fraction of sp³-hybridized carbons (Fsp3) is 0.240. The predicted octanol–water partition coefficient (Wildman–Crippen LogP) is 3.42. The number of sulfonamides is 1. The molecule has 176 valence electrons. The normalized spacial score (nSPS) is 14.6. The van der Waals surface area contributed by atoms with Crippen molar-refractivity contribution in [3.05, 3.63) is 76.9 Å². The summed E-state index contributed by atoms with van der Waals surface area (Å²) < 4.78 is 40.1. The summed E-state index contributed by atoms with van der Waals surface area (Å²) in [5.41, 5.74) is 1.32. The molecule has 9 heteroatoms. The second kappa shape index (κ2) is 10.5. The quantitative estimate of drug-likeness (QED) is 0.508. The Morgan fingerprint density at radius 2 is 1.79 bits per heavy atom. The molecule has 2 heterocycles. The van der Waals surface area contributed by atoms with Crippen molar-refractivity contribution in [1.82, 2.24) is 14.5 Å². The second-order valence-corrected chi connectivity index (χ2v) is 10.8. The summed E-state index contributed by atoms with van der Waals surface area (Å²) in [6, 6.07) is 16.5. The van der Waals surface area contributed by atoms with Crippen molar-refractivity contribution >= 4 is 27.3 Å². The number of rotatable bonds is 7. The molecule has 6 nitrogen and oxygen atoms in total. The third-order valence-electron chi connectivity index (χ3n) is 5.59. The van der Waals surface area contributed by atoms with Gasteiger partial charge in [-0.05, 0) is 54.1 Å². The van der Waals surface area contributed by atoms with E-state index >= 15 is 0 Å². The zero-order valence-electron chi connectivity index (χ0n) is 18.4. The number of amides is 1. The Morgan fingerprint density at radius 1 is 1.06 bits per heavy atom. The molecule has 0 radical (unpaired) electrons. The van der Waals surface area contributed by atoms with Crippen LogP contribution in [0.5, 0.6) is 0 Å². The van der Waals surface area contributed by atoms with Crippen molar-refractivity contribution < 1.29 is 17.6 Å². The molecule has 0 unspecified atom stereocenters. The van der Waals surface area contributed by atoms with Crippen molar-refractivity contribution in [1.29, 1.82) is 0 Å². The minimum atomic E-state index is -3.69. The maximum atomic E-state index is 13.5. The molecule has 0 aliphatic carbocycles. The summed E-state index contributed by atoms with van der Waals surface area (Å²) in [6.45, 7) is 3.34. The predicted molar refractivity (Wildman–Crippen MR) is 131 cm³/mol. The van der Waals surface area contributed by atoms with Gasteiger partial charge in [0.25, 0.3) is 5.91 Å². The first kappa shape index (κ1) is 24.1. The molecule has 1 amide bonds. The minimum Gasteiger partial charge on any atom is -0.336 e. The number of carbonyl (C=O) groups excluding carboxylic acids is 1. The number of nitrogens with zero attached hydrogens (tertiary/aromatic N) is 2. The summed E-state index contributed by atoms with van der Waals surface area (Å²) in [5.74, 6) is 1.86. The molecule has 0 atom stereocenters. The van der Waals surface area contributed by atoms with Crippen molar-refractivity contribution in [3.8, 4) is 22.8 Å². The third kappa shape index (κ3) is 5.72. The first-order valence-corrected chi connectivity index (χ1v) is 13.1. The summed E-state index contributed by atoms with van der Waals surface area (Å²) in [4.78, 5) is 19.2. The number of piperazine rings is 1. The highest BCUT2D eigenvalue weighted by Gasteiger charge is 2.23. The van der Waals surface area contributed by atoms with Crippen LogP contribution in [0.25, 0.3) is 10.4 Å². The zero-order chi connectivity index (χ0) is 24.1. The smallest absolute Gasteiger partial charge is 0.253 e. The largest absolute Gasteiger partial charge is 0.336 e. The molecule has 1 aliphatic heterocycles. The number of halogens is 1. The summed E-state index contributed by atoms with van der Waals surface area (Å²) in [6.07, 6.45) is 5.10. The average Bonchev–Trinajstić information content (AvgIpc) is 3.31. The van der Waals surface area contributed by atoms with Gasteiger partial charge in [0.05, 0.1) is 11.4 Å². The third-order valence-corrected chi connectivity index (χ3v) is 8.12. The van der Waals surface area contributed by atoms with E-state index in [1.165, 1.54) is 41.3 Å². The van der Waals surface area contributed by atoms with Crippen LogP contribution >= 0.6 is 11.3 Å². The van der Waals surface area contributed by atoms with E-state index in [1.807, 2.05) is 12.1 Å². The lowest BCUT2D eigenvalue weighted by Gasteiger charge is -2.34. The van der Waals surface area contributed by atoms with Gasteiger partial charge < -0.3 is 4.90 Å².